The first-order valence-corrected chi connectivity index (χ1v) is 4.47. The molecule has 15 heavy (non-hydrogen) atoms. The lowest BCUT2D eigenvalue weighted by Gasteiger charge is -2.28. The largest absolute Gasteiger partial charge is 0.452 e. The van der Waals surface area contributed by atoms with Crippen LogP contribution in [-0.2, 0) is 17.8 Å². The lowest BCUT2D eigenvalue weighted by molar-refractivity contribution is 0.0908. The molecule has 0 saturated carbocycles. The Hall–Kier alpha value is -1.26. The number of halogens is 1. The van der Waals surface area contributed by atoms with Gasteiger partial charge in [-0.3, -0.25) is 0 Å². The van der Waals surface area contributed by atoms with Crippen molar-refractivity contribution < 1.29 is 9.53 Å². The maximum Gasteiger partial charge on any atom is 0.424 e. The summed E-state index contributed by atoms with van der Waals surface area (Å²) >= 11 is 0. The zero-order valence-electron chi connectivity index (χ0n) is 8.40. The van der Waals surface area contributed by atoms with Gasteiger partial charge in [0.1, 0.15) is 0 Å². The number of carbonyl (C=O) groups is 1. The molecule has 2 rings (SSSR count). The number of nitrogens with one attached hydrogen (secondary N) is 1. The van der Waals surface area contributed by atoms with Crippen molar-refractivity contribution in [1.29, 1.82) is 0 Å². The summed E-state index contributed by atoms with van der Waals surface area (Å²) in [6, 6.07) is 8.04. The minimum absolute atomic E-state index is 0. The van der Waals surface area contributed by atoms with E-state index in [1.54, 1.807) is 0 Å². The van der Waals surface area contributed by atoms with Crippen molar-refractivity contribution in [3.05, 3.63) is 35.4 Å². The molecule has 0 fully saturated rings. The minimum Gasteiger partial charge on any atom is -0.452 e. The van der Waals surface area contributed by atoms with Crippen molar-refractivity contribution in [1.82, 2.24) is 10.4 Å². The van der Waals surface area contributed by atoms with Crippen molar-refractivity contribution in [2.75, 3.05) is 7.11 Å². The highest BCUT2D eigenvalue weighted by Gasteiger charge is 2.19. The number of hydrogen-bond donors (Lipinski definition) is 1. The maximum absolute atomic E-state index is 11.2. The number of hydrogen-bond acceptors (Lipinski definition) is 3. The van der Waals surface area contributed by atoms with Crippen molar-refractivity contribution in [2.24, 2.45) is 0 Å². The number of fused-ring (bicyclic) bond motifs is 1. The van der Waals surface area contributed by atoms with Crippen LogP contribution in [0.15, 0.2) is 24.3 Å². The second-order valence-electron chi connectivity index (χ2n) is 3.16. The van der Waals surface area contributed by atoms with E-state index in [-0.39, 0.29) is 18.5 Å². The number of carbonyl (C=O) groups excluding carboxylic acids is 1. The lowest BCUT2D eigenvalue weighted by atomic mass is 10.1. The highest BCUT2D eigenvalue weighted by Crippen LogP contribution is 2.15. The minimum atomic E-state index is -0.348. The van der Waals surface area contributed by atoms with Gasteiger partial charge in [-0.15, -0.1) is 12.4 Å². The van der Waals surface area contributed by atoms with Crippen LogP contribution in [0.25, 0.3) is 0 Å². The normalized spacial score (nSPS) is 13.8. The molecule has 1 aromatic carbocycles. The third kappa shape index (κ3) is 2.40. The summed E-state index contributed by atoms with van der Waals surface area (Å²) in [6.07, 6.45) is -0.348. The summed E-state index contributed by atoms with van der Waals surface area (Å²) in [5.41, 5.74) is 5.38. The number of hydrazine groups is 1. The van der Waals surface area contributed by atoms with E-state index >= 15 is 0 Å². The molecule has 1 aliphatic rings. The van der Waals surface area contributed by atoms with Crippen LogP contribution in [0.4, 0.5) is 4.79 Å². The Bertz CT molecular complexity index is 357. The second kappa shape index (κ2) is 5.00. The lowest BCUT2D eigenvalue weighted by Crippen LogP contribution is -2.44. The molecular formula is C10H13ClN2O2. The van der Waals surface area contributed by atoms with Crippen LogP contribution in [0.5, 0.6) is 0 Å². The molecule has 0 aliphatic carbocycles. The molecule has 0 spiro atoms. The van der Waals surface area contributed by atoms with Crippen molar-refractivity contribution in [2.45, 2.75) is 13.1 Å². The molecule has 4 nitrogen and oxygen atoms in total. The van der Waals surface area contributed by atoms with E-state index in [1.807, 2.05) is 18.2 Å². The first-order chi connectivity index (χ1) is 6.81. The van der Waals surface area contributed by atoms with Crippen LogP contribution < -0.4 is 5.43 Å². The van der Waals surface area contributed by atoms with Gasteiger partial charge in [-0.25, -0.2) is 15.2 Å². The van der Waals surface area contributed by atoms with E-state index < -0.39 is 0 Å². The van der Waals surface area contributed by atoms with Gasteiger partial charge in [0.2, 0.25) is 0 Å². The Labute approximate surface area is 94.6 Å². The SMILES string of the molecule is COC(=O)N1Cc2ccccc2CN1.Cl. The molecule has 0 radical (unpaired) electrons. The van der Waals surface area contributed by atoms with Crippen LogP contribution in [0.2, 0.25) is 0 Å². The molecule has 5 heteroatoms. The van der Waals surface area contributed by atoms with Gasteiger partial charge in [0, 0.05) is 6.54 Å². The Kier molecular flexibility index (Phi) is 3.94. The van der Waals surface area contributed by atoms with Crippen LogP contribution in [0, 0.1) is 0 Å². The number of methoxy groups -OCH3 is 1. The predicted octanol–water partition coefficient (Wildman–Crippen LogP) is 1.69. The monoisotopic (exact) mass is 228 g/mol. The van der Waals surface area contributed by atoms with E-state index in [0.717, 1.165) is 5.56 Å². The molecule has 1 amide bonds. The molecule has 0 bridgehead atoms. The van der Waals surface area contributed by atoms with E-state index in [1.165, 1.54) is 17.7 Å². The molecule has 1 aliphatic heterocycles. The van der Waals surface area contributed by atoms with Crippen LogP contribution in [0.1, 0.15) is 11.1 Å². The van der Waals surface area contributed by atoms with E-state index in [4.69, 9.17) is 0 Å². The molecule has 0 aromatic heterocycles. The van der Waals surface area contributed by atoms with Gasteiger partial charge in [-0.05, 0) is 11.1 Å². The van der Waals surface area contributed by atoms with Gasteiger partial charge in [-0.2, -0.15) is 0 Å². The number of nitrogens with zero attached hydrogens (tertiary/aromatic N) is 1. The summed E-state index contributed by atoms with van der Waals surface area (Å²) in [4.78, 5) is 11.2. The van der Waals surface area contributed by atoms with Crippen molar-refractivity contribution >= 4 is 18.5 Å². The second-order valence-corrected chi connectivity index (χ2v) is 3.16. The highest BCUT2D eigenvalue weighted by atomic mass is 35.5. The fraction of sp³-hybridized carbons (Fsp3) is 0.300. The number of amides is 1. The van der Waals surface area contributed by atoms with Crippen LogP contribution in [0.3, 0.4) is 0 Å². The van der Waals surface area contributed by atoms with Gasteiger partial charge in [0.15, 0.2) is 0 Å². The third-order valence-corrected chi connectivity index (χ3v) is 2.30. The summed E-state index contributed by atoms with van der Waals surface area (Å²) in [6.45, 7) is 1.23. The summed E-state index contributed by atoms with van der Waals surface area (Å²) in [5.74, 6) is 0. The smallest absolute Gasteiger partial charge is 0.424 e. The number of ether oxygens (including phenoxy) is 1. The molecule has 1 N–H and O–H groups in total. The first kappa shape index (κ1) is 11.8. The Morgan fingerprint density at radius 1 is 1.40 bits per heavy atom. The Morgan fingerprint density at radius 3 is 2.73 bits per heavy atom. The topological polar surface area (TPSA) is 41.6 Å². The zero-order valence-corrected chi connectivity index (χ0v) is 9.21. The Morgan fingerprint density at radius 2 is 2.07 bits per heavy atom. The first-order valence-electron chi connectivity index (χ1n) is 4.47. The van der Waals surface area contributed by atoms with Crippen molar-refractivity contribution in [3.8, 4) is 0 Å². The highest BCUT2D eigenvalue weighted by molar-refractivity contribution is 5.85. The van der Waals surface area contributed by atoms with E-state index in [0.29, 0.717) is 13.1 Å². The van der Waals surface area contributed by atoms with E-state index in [2.05, 4.69) is 16.2 Å². The van der Waals surface area contributed by atoms with Gasteiger partial charge >= 0.3 is 6.09 Å². The van der Waals surface area contributed by atoms with Crippen LogP contribution in [-0.4, -0.2) is 18.2 Å². The third-order valence-electron chi connectivity index (χ3n) is 2.30. The van der Waals surface area contributed by atoms with E-state index in [9.17, 15) is 4.79 Å². The average Bonchev–Trinajstić information content (AvgIpc) is 2.27. The number of benzene rings is 1. The van der Waals surface area contributed by atoms with Crippen molar-refractivity contribution in [3.63, 3.8) is 0 Å². The fourth-order valence-electron chi connectivity index (χ4n) is 1.53. The molecule has 82 valence electrons. The van der Waals surface area contributed by atoms with Gasteiger partial charge < -0.3 is 4.74 Å². The fourth-order valence-corrected chi connectivity index (χ4v) is 1.53. The zero-order chi connectivity index (χ0) is 9.97. The summed E-state index contributed by atoms with van der Waals surface area (Å²) in [5, 5.41) is 1.47. The molecule has 0 saturated heterocycles. The molecule has 0 atom stereocenters. The van der Waals surface area contributed by atoms with Gasteiger partial charge in [0.05, 0.1) is 13.7 Å². The number of rotatable bonds is 0. The quantitative estimate of drug-likeness (QED) is 0.735. The molecular weight excluding hydrogens is 216 g/mol. The summed E-state index contributed by atoms with van der Waals surface area (Å²) < 4.78 is 4.63. The summed E-state index contributed by atoms with van der Waals surface area (Å²) in [7, 11) is 1.38. The molecule has 1 aromatic rings. The van der Waals surface area contributed by atoms with Crippen LogP contribution >= 0.6 is 12.4 Å². The van der Waals surface area contributed by atoms with Gasteiger partial charge in [-0.1, -0.05) is 24.3 Å². The Balaban J connectivity index is 0.00000112. The predicted molar refractivity (Wildman–Crippen MR) is 58.5 cm³/mol. The molecule has 1 heterocycles. The van der Waals surface area contributed by atoms with Gasteiger partial charge in [0.25, 0.3) is 0 Å². The standard InChI is InChI=1S/C10H12N2O2.ClH/c1-14-10(13)12-7-9-5-3-2-4-8(9)6-11-12;/h2-5,11H,6-7H2,1H3;1H. The molecule has 0 unspecified atom stereocenters. The maximum atomic E-state index is 11.2. The average molecular weight is 229 g/mol.